The lowest BCUT2D eigenvalue weighted by molar-refractivity contribution is 0.297. The van der Waals surface area contributed by atoms with Gasteiger partial charge in [-0.05, 0) is 0 Å². The molecule has 10 heavy (non-hydrogen) atoms. The first-order valence-electron chi connectivity index (χ1n) is 1.71. The van der Waals surface area contributed by atoms with Crippen molar-refractivity contribution in [1.82, 2.24) is 0 Å². The Labute approximate surface area is 73.4 Å². The van der Waals surface area contributed by atoms with Gasteiger partial charge in [0.1, 0.15) is 0 Å². The summed E-state index contributed by atoms with van der Waals surface area (Å²) in [5.74, 6) is 0. The number of hydrogen-bond donors (Lipinski definition) is 2. The predicted molar refractivity (Wildman–Crippen MR) is 40.0 cm³/mol. The van der Waals surface area contributed by atoms with E-state index in [4.69, 9.17) is 9.66 Å². The van der Waals surface area contributed by atoms with E-state index in [9.17, 15) is 8.42 Å². The fraction of sp³-hybridized carbons (Fsp3) is 1.00. The molecule has 0 fully saturated rings. The average Bonchev–Trinajstić information content (AvgIpc) is 1.12. The van der Waals surface area contributed by atoms with E-state index in [2.05, 4.69) is 34.8 Å². The highest BCUT2D eigenvalue weighted by Gasteiger charge is 2.10. The molecule has 0 aliphatic rings. The smallest absolute Gasteiger partial charge is 0.294 e. The van der Waals surface area contributed by atoms with Crippen molar-refractivity contribution in [3.8, 4) is 0 Å². The van der Waals surface area contributed by atoms with Gasteiger partial charge in [-0.25, -0.2) is 0 Å². The molecule has 0 saturated carbocycles. The first kappa shape index (κ1) is 13.3. The molecule has 0 aromatic heterocycles. The molecule has 0 rings (SSSR count). The molecule has 0 spiro atoms. The second-order valence-electron chi connectivity index (χ2n) is 1.20. The minimum absolute atomic E-state index is 0.715. The summed E-state index contributed by atoms with van der Waals surface area (Å²) in [6.45, 7) is 0. The highest BCUT2D eigenvalue weighted by Crippen LogP contribution is 2.19. The van der Waals surface area contributed by atoms with Gasteiger partial charge in [-0.15, -0.1) is 0 Å². The zero-order chi connectivity index (χ0) is 9.00. The van der Waals surface area contributed by atoms with Gasteiger partial charge in [0.2, 0.25) is 0 Å². The van der Waals surface area contributed by atoms with E-state index in [1.54, 1.807) is 0 Å². The lowest BCUT2D eigenvalue weighted by atomic mass is 11.7. The topological polar surface area (TPSA) is 74.6 Å². The number of alkyl halides is 3. The summed E-state index contributed by atoms with van der Waals surface area (Å²) in [7, 11) is -3.67. The zero-order valence-corrected chi connectivity index (χ0v) is 7.84. The maximum Gasteiger partial charge on any atom is 0.294 e. The van der Waals surface area contributed by atoms with E-state index in [-0.39, 0.29) is 0 Å². The Morgan fingerprint density at radius 2 is 1.30 bits per heavy atom. The van der Waals surface area contributed by atoms with E-state index in [1.165, 1.54) is 0 Å². The van der Waals surface area contributed by atoms with Gasteiger partial charge in [0, 0.05) is 0 Å². The fourth-order valence-corrected chi connectivity index (χ4v) is 0. The summed E-state index contributed by atoms with van der Waals surface area (Å²) >= 11 is 13.8. The van der Waals surface area contributed by atoms with Crippen LogP contribution in [0.25, 0.3) is 0 Å². The Morgan fingerprint density at radius 1 is 1.30 bits per heavy atom. The van der Waals surface area contributed by atoms with Crippen molar-refractivity contribution in [3.63, 3.8) is 0 Å². The largest absolute Gasteiger partial charge is 0.350 e. The molecule has 0 aliphatic heterocycles. The van der Waals surface area contributed by atoms with E-state index >= 15 is 0 Å². The highest BCUT2D eigenvalue weighted by molar-refractivity contribution is 7.85. The van der Waals surface area contributed by atoms with E-state index in [1.807, 2.05) is 0 Å². The molecule has 0 heterocycles. The second-order valence-corrected chi connectivity index (χ2v) is 4.89. The maximum absolute atomic E-state index is 9.19. The minimum Gasteiger partial charge on any atom is -0.350 e. The van der Waals surface area contributed by atoms with Crippen LogP contribution in [0.15, 0.2) is 0 Å². The Hall–Kier alpha value is 0.740. The molecule has 0 aliphatic carbocycles. The molecule has 0 saturated heterocycles. The molecule has 0 radical (unpaired) electrons. The summed E-state index contributed by atoms with van der Waals surface area (Å²) in [5.41, 5.74) is 0. The molecule has 0 atom stereocenters. The highest BCUT2D eigenvalue weighted by atomic mass is 35.6. The van der Waals surface area contributed by atoms with Gasteiger partial charge < -0.3 is 5.11 Å². The van der Waals surface area contributed by atoms with Crippen molar-refractivity contribution in [3.05, 3.63) is 0 Å². The third-order valence-electron chi connectivity index (χ3n) is 0. The molecule has 8 heteroatoms. The Balaban J connectivity index is 0. The van der Waals surface area contributed by atoms with Crippen molar-refractivity contribution in [2.45, 2.75) is 3.98 Å². The van der Waals surface area contributed by atoms with Crippen LogP contribution in [0, 0.1) is 0 Å². The monoisotopic (exact) mass is 230 g/mol. The molecule has 0 amide bonds. The summed E-state index contributed by atoms with van der Waals surface area (Å²) < 4.78 is 23.8. The van der Waals surface area contributed by atoms with Crippen LogP contribution in [0.2, 0.25) is 0 Å². The van der Waals surface area contributed by atoms with Crippen molar-refractivity contribution in [1.29, 1.82) is 0 Å². The number of hydrogen-bond acceptors (Lipinski definition) is 3. The first-order chi connectivity index (χ1) is 4.00. The van der Waals surface area contributed by atoms with E-state index in [0.717, 1.165) is 0 Å². The summed E-state index contributed by atoms with van der Waals surface area (Å²) in [6.07, 6.45) is 0.715. The first-order valence-corrected chi connectivity index (χ1v) is 4.70. The van der Waals surface area contributed by atoms with Crippen molar-refractivity contribution in [2.75, 3.05) is 6.26 Å². The van der Waals surface area contributed by atoms with Gasteiger partial charge in [-0.2, -0.15) is 8.42 Å². The van der Waals surface area contributed by atoms with Gasteiger partial charge in [0.05, 0.1) is 6.26 Å². The van der Waals surface area contributed by atoms with Crippen LogP contribution in [0.1, 0.15) is 0 Å². The molecule has 64 valence electrons. The van der Waals surface area contributed by atoms with Crippen molar-refractivity contribution < 1.29 is 18.1 Å². The number of halogens is 3. The summed E-state index contributed by atoms with van der Waals surface area (Å²) in [6, 6.07) is 0. The summed E-state index contributed by atoms with van der Waals surface area (Å²) in [5, 5.41) is 7.82. The second kappa shape index (κ2) is 4.58. The van der Waals surface area contributed by atoms with Gasteiger partial charge in [-0.1, -0.05) is 34.8 Å². The SMILES string of the molecule is CS(=O)(=O)O.OC(Cl)(Cl)Cl. The maximum atomic E-state index is 9.19. The van der Waals surface area contributed by atoms with Gasteiger partial charge in [-0.3, -0.25) is 4.55 Å². The Morgan fingerprint density at radius 3 is 1.30 bits per heavy atom. The zero-order valence-electron chi connectivity index (χ0n) is 4.75. The van der Waals surface area contributed by atoms with Crippen LogP contribution < -0.4 is 0 Å². The molecule has 0 aromatic rings. The number of aliphatic hydroxyl groups is 1. The minimum atomic E-state index is -3.67. The van der Waals surface area contributed by atoms with E-state index < -0.39 is 14.1 Å². The van der Waals surface area contributed by atoms with Crippen LogP contribution in [0.3, 0.4) is 0 Å². The van der Waals surface area contributed by atoms with Gasteiger partial charge in [0.25, 0.3) is 14.1 Å². The van der Waals surface area contributed by atoms with Crippen LogP contribution in [-0.4, -0.2) is 28.3 Å². The normalized spacial score (nSPS) is 11.8. The molecule has 0 bridgehead atoms. The third-order valence-corrected chi connectivity index (χ3v) is 0. The van der Waals surface area contributed by atoms with Crippen LogP contribution >= 0.6 is 34.8 Å². The predicted octanol–water partition coefficient (Wildman–Crippen LogP) is 0.810. The molecule has 0 aromatic carbocycles. The third kappa shape index (κ3) is 956. The van der Waals surface area contributed by atoms with Crippen LogP contribution in [-0.2, 0) is 10.1 Å². The molecular weight excluding hydrogens is 226 g/mol. The van der Waals surface area contributed by atoms with Crippen LogP contribution in [0.4, 0.5) is 0 Å². The molecular formula is C2H5Cl3O4S. The van der Waals surface area contributed by atoms with Gasteiger partial charge in [0.15, 0.2) is 0 Å². The van der Waals surface area contributed by atoms with Crippen LogP contribution in [0.5, 0.6) is 0 Å². The number of rotatable bonds is 0. The summed E-state index contributed by atoms with van der Waals surface area (Å²) in [4.78, 5) is 0. The molecule has 2 N–H and O–H groups in total. The van der Waals surface area contributed by atoms with Crippen molar-refractivity contribution >= 4 is 44.9 Å². The molecule has 0 unspecified atom stereocenters. The average molecular weight is 231 g/mol. The Bertz CT molecular complexity index is 153. The van der Waals surface area contributed by atoms with Gasteiger partial charge >= 0.3 is 0 Å². The van der Waals surface area contributed by atoms with E-state index in [0.29, 0.717) is 6.26 Å². The van der Waals surface area contributed by atoms with Crippen molar-refractivity contribution in [2.24, 2.45) is 0 Å². The lowest BCUT2D eigenvalue weighted by Crippen LogP contribution is -1.95. The standard InChI is InChI=1S/CHCl3O.CH4O3S/c2-1(3,4)5;1-5(2,3)4/h5H;1H3,(H,2,3,4). The fourth-order valence-electron chi connectivity index (χ4n) is 0. The lowest BCUT2D eigenvalue weighted by Gasteiger charge is -1.93. The molecule has 4 nitrogen and oxygen atoms in total. The Kier molecular flexibility index (Phi) is 6.11. The quantitative estimate of drug-likeness (QED) is 0.478.